The number of benzene rings is 1. The first-order valence-corrected chi connectivity index (χ1v) is 11.2. The van der Waals surface area contributed by atoms with Crippen LogP contribution in [-0.4, -0.2) is 54.2 Å². The van der Waals surface area contributed by atoms with Gasteiger partial charge in [0.15, 0.2) is 0 Å². The van der Waals surface area contributed by atoms with Crippen molar-refractivity contribution < 1.29 is 0 Å². The van der Waals surface area contributed by atoms with E-state index in [1.807, 2.05) is 18.6 Å². The second-order valence-electron chi connectivity index (χ2n) is 8.62. The summed E-state index contributed by atoms with van der Waals surface area (Å²) in [6.07, 6.45) is 7.96. The number of aromatic nitrogens is 3. The molecule has 0 radical (unpaired) electrons. The molecule has 4 heterocycles. The summed E-state index contributed by atoms with van der Waals surface area (Å²) in [7, 11) is 0. The molecule has 3 aromatic rings. The minimum atomic E-state index is -0.0598. The van der Waals surface area contributed by atoms with Crippen molar-refractivity contribution in [2.45, 2.75) is 18.3 Å². The van der Waals surface area contributed by atoms with E-state index in [0.717, 1.165) is 69.1 Å². The molecule has 0 unspecified atom stereocenters. The van der Waals surface area contributed by atoms with E-state index < -0.39 is 0 Å². The van der Waals surface area contributed by atoms with Gasteiger partial charge in [-0.1, -0.05) is 0 Å². The Balaban J connectivity index is 1.30. The van der Waals surface area contributed by atoms with Crippen molar-refractivity contribution >= 4 is 17.3 Å². The van der Waals surface area contributed by atoms with Crippen LogP contribution in [0.1, 0.15) is 24.1 Å². The second kappa shape index (κ2) is 7.59. The normalized spacial score (nSPS) is 19.2. The molecule has 3 N–H and O–H groups in total. The maximum absolute atomic E-state index is 5.06. The smallest absolute Gasteiger partial charge is 0.227 e. The number of piperidine rings is 1. The summed E-state index contributed by atoms with van der Waals surface area (Å²) in [5.74, 6) is 0.660. The Morgan fingerprint density at radius 1 is 0.871 bits per heavy atom. The predicted molar refractivity (Wildman–Crippen MR) is 123 cm³/mol. The highest BCUT2D eigenvalue weighted by molar-refractivity contribution is 5.79. The second-order valence-corrected chi connectivity index (χ2v) is 8.62. The summed E-state index contributed by atoms with van der Waals surface area (Å²) in [6, 6.07) is 10.7. The fourth-order valence-electron chi connectivity index (χ4n) is 5.31. The maximum atomic E-state index is 5.06. The van der Waals surface area contributed by atoms with Crippen LogP contribution in [0.2, 0.25) is 0 Å². The molecule has 2 aromatic heterocycles. The number of fused-ring (bicyclic) bond motifs is 5. The first kappa shape index (κ1) is 18.7. The van der Waals surface area contributed by atoms with Gasteiger partial charge in [0.2, 0.25) is 5.95 Å². The van der Waals surface area contributed by atoms with Crippen LogP contribution < -0.4 is 20.9 Å². The van der Waals surface area contributed by atoms with E-state index in [9.17, 15) is 0 Å². The van der Waals surface area contributed by atoms with Crippen molar-refractivity contribution in [2.24, 2.45) is 0 Å². The van der Waals surface area contributed by atoms with Crippen LogP contribution in [0.15, 0.2) is 48.9 Å². The third-order valence-corrected chi connectivity index (χ3v) is 6.93. The van der Waals surface area contributed by atoms with Crippen molar-refractivity contribution in [1.29, 1.82) is 0 Å². The molecule has 1 spiro atoms. The zero-order chi connectivity index (χ0) is 20.7. The van der Waals surface area contributed by atoms with E-state index in [1.165, 1.54) is 16.8 Å². The minimum Gasteiger partial charge on any atom is -0.369 e. The van der Waals surface area contributed by atoms with E-state index in [4.69, 9.17) is 4.98 Å². The Kier molecular flexibility index (Phi) is 4.58. The molecule has 1 aliphatic carbocycles. The molecule has 2 fully saturated rings. The highest BCUT2D eigenvalue weighted by atomic mass is 15.2. The van der Waals surface area contributed by atoms with Crippen molar-refractivity contribution in [3.05, 3.63) is 60.2 Å². The number of nitrogens with one attached hydrogen (secondary N) is 3. The number of pyridine rings is 1. The van der Waals surface area contributed by atoms with Crippen LogP contribution in [0.4, 0.5) is 17.3 Å². The van der Waals surface area contributed by atoms with Gasteiger partial charge >= 0.3 is 0 Å². The molecule has 3 aliphatic rings. The summed E-state index contributed by atoms with van der Waals surface area (Å²) in [4.78, 5) is 16.6. The average molecular weight is 414 g/mol. The zero-order valence-corrected chi connectivity index (χ0v) is 17.6. The third-order valence-electron chi connectivity index (χ3n) is 6.93. The monoisotopic (exact) mass is 413 g/mol. The highest BCUT2D eigenvalue weighted by Gasteiger charge is 2.45. The number of hydrogen-bond donors (Lipinski definition) is 3. The average Bonchev–Trinajstić information content (AvgIpc) is 3.10. The Hall–Kier alpha value is -3.03. The van der Waals surface area contributed by atoms with Gasteiger partial charge < -0.3 is 20.9 Å². The number of rotatable bonds is 3. The quantitative estimate of drug-likeness (QED) is 0.609. The molecule has 2 saturated heterocycles. The molecule has 0 atom stereocenters. The zero-order valence-electron chi connectivity index (χ0n) is 17.6. The number of hydrogen-bond acceptors (Lipinski definition) is 7. The summed E-state index contributed by atoms with van der Waals surface area (Å²) < 4.78 is 0. The van der Waals surface area contributed by atoms with E-state index >= 15 is 0 Å². The van der Waals surface area contributed by atoms with Crippen LogP contribution in [0.25, 0.3) is 11.1 Å². The Bertz CT molecular complexity index is 1080. The van der Waals surface area contributed by atoms with Gasteiger partial charge in [0.25, 0.3) is 0 Å². The third kappa shape index (κ3) is 3.16. The Morgan fingerprint density at radius 3 is 2.45 bits per heavy atom. The van der Waals surface area contributed by atoms with E-state index in [-0.39, 0.29) is 5.41 Å². The summed E-state index contributed by atoms with van der Waals surface area (Å²) in [5.41, 5.74) is 7.05. The van der Waals surface area contributed by atoms with Crippen LogP contribution in [0.5, 0.6) is 0 Å². The van der Waals surface area contributed by atoms with E-state index in [1.54, 1.807) is 0 Å². The predicted octanol–water partition coefficient (Wildman–Crippen LogP) is 2.67. The lowest BCUT2D eigenvalue weighted by Crippen LogP contribution is -2.43. The lowest BCUT2D eigenvalue weighted by molar-refractivity contribution is 0.361. The van der Waals surface area contributed by atoms with Gasteiger partial charge in [-0.15, -0.1) is 0 Å². The molecular weight excluding hydrogens is 386 g/mol. The molecule has 2 aliphatic heterocycles. The molecule has 158 valence electrons. The standard InChI is InChI=1S/C24H27N7/c1-3-18(31-13-11-26-12-14-31)4-2-17(1)29-23-28-15-20-19-5-8-27-16-21(19)24(22(20)30-23)6-9-25-10-7-24/h1-5,8,15-16,25-26H,6-7,9-14H2,(H,28,29,30). The summed E-state index contributed by atoms with van der Waals surface area (Å²) >= 11 is 0. The molecule has 0 bridgehead atoms. The fraction of sp³-hybridized carbons (Fsp3) is 0.375. The highest BCUT2D eigenvalue weighted by Crippen LogP contribution is 2.52. The van der Waals surface area contributed by atoms with E-state index in [2.05, 4.69) is 61.2 Å². The Morgan fingerprint density at radius 2 is 1.65 bits per heavy atom. The fourth-order valence-corrected chi connectivity index (χ4v) is 5.31. The maximum Gasteiger partial charge on any atom is 0.227 e. The number of anilines is 3. The van der Waals surface area contributed by atoms with Gasteiger partial charge in [0.05, 0.1) is 5.69 Å². The largest absolute Gasteiger partial charge is 0.369 e. The van der Waals surface area contributed by atoms with Crippen LogP contribution in [0.3, 0.4) is 0 Å². The number of nitrogens with zero attached hydrogens (tertiary/aromatic N) is 4. The molecule has 0 saturated carbocycles. The SMILES string of the molecule is c1cc2c(cn1)C1(CCNCC1)c1nc(Nc3ccc(N4CCNCC4)cc3)ncc1-2. The summed E-state index contributed by atoms with van der Waals surface area (Å²) in [5, 5.41) is 10.3. The van der Waals surface area contributed by atoms with Crippen LogP contribution in [-0.2, 0) is 5.41 Å². The van der Waals surface area contributed by atoms with E-state index in [0.29, 0.717) is 5.95 Å². The van der Waals surface area contributed by atoms with Crippen molar-refractivity contribution in [2.75, 3.05) is 49.5 Å². The Labute approximate surface area is 182 Å². The molecule has 7 heteroatoms. The molecule has 0 amide bonds. The summed E-state index contributed by atoms with van der Waals surface area (Å²) in [6.45, 7) is 6.17. The molecular formula is C24H27N7. The first-order valence-electron chi connectivity index (χ1n) is 11.2. The van der Waals surface area contributed by atoms with Crippen LogP contribution >= 0.6 is 0 Å². The molecule has 1 aromatic carbocycles. The van der Waals surface area contributed by atoms with Gasteiger partial charge in [-0.3, -0.25) is 4.98 Å². The van der Waals surface area contributed by atoms with Gasteiger partial charge in [-0.25, -0.2) is 9.97 Å². The van der Waals surface area contributed by atoms with Gasteiger partial charge in [0, 0.05) is 67.1 Å². The minimum absolute atomic E-state index is 0.0598. The van der Waals surface area contributed by atoms with Gasteiger partial charge in [0.1, 0.15) is 0 Å². The lowest BCUT2D eigenvalue weighted by Gasteiger charge is -2.35. The topological polar surface area (TPSA) is 78.0 Å². The lowest BCUT2D eigenvalue weighted by atomic mass is 9.74. The van der Waals surface area contributed by atoms with Crippen molar-refractivity contribution in [1.82, 2.24) is 25.6 Å². The van der Waals surface area contributed by atoms with Crippen LogP contribution in [0, 0.1) is 0 Å². The van der Waals surface area contributed by atoms with Gasteiger partial charge in [-0.2, -0.15) is 0 Å². The molecule has 6 rings (SSSR count). The van der Waals surface area contributed by atoms with Crippen molar-refractivity contribution in [3.8, 4) is 11.1 Å². The van der Waals surface area contributed by atoms with Crippen molar-refractivity contribution in [3.63, 3.8) is 0 Å². The first-order chi connectivity index (χ1) is 15.3. The molecule has 7 nitrogen and oxygen atoms in total. The number of piperazine rings is 1. The molecule has 31 heavy (non-hydrogen) atoms. The van der Waals surface area contributed by atoms with Gasteiger partial charge in [-0.05, 0) is 67.4 Å².